The van der Waals surface area contributed by atoms with Crippen LogP contribution in [0.15, 0.2) is 97.1 Å². The molecule has 0 bridgehead atoms. The van der Waals surface area contributed by atoms with Gasteiger partial charge in [-0.1, -0.05) is 86.6 Å². The van der Waals surface area contributed by atoms with Crippen LogP contribution in [-0.4, -0.2) is 67.4 Å². The summed E-state index contributed by atoms with van der Waals surface area (Å²) < 4.78 is 23.3. The molecular weight excluding hydrogens is 830 g/mol. The number of para-hydroxylation sites is 2. The number of ether oxygens (including phenoxy) is 4. The van der Waals surface area contributed by atoms with E-state index < -0.39 is 0 Å². The summed E-state index contributed by atoms with van der Waals surface area (Å²) in [5, 5.41) is 6.95. The van der Waals surface area contributed by atoms with Crippen molar-refractivity contribution in [1.29, 1.82) is 0 Å². The Hall–Kier alpha value is -2.07. The largest absolute Gasteiger partial charge is 0.491 e. The van der Waals surface area contributed by atoms with Crippen LogP contribution in [0.3, 0.4) is 0 Å². The zero-order valence-electron chi connectivity index (χ0n) is 29.6. The SMILES string of the molecule is CC1(Oc2ccc(Cl)cc2)CCN(CCOc2ccccc2Cl)CC1.CC1(Oc2ccc(Cl)cc2)CCNCC1.Cl.Clc1ccccc1OCCBr. The first-order valence-corrected chi connectivity index (χ1v) is 19.8. The monoisotopic (exact) mass is 874 g/mol. The van der Waals surface area contributed by atoms with Gasteiger partial charge in [0.05, 0.1) is 16.7 Å². The molecule has 0 atom stereocenters. The van der Waals surface area contributed by atoms with Crippen molar-refractivity contribution in [2.75, 3.05) is 51.3 Å². The van der Waals surface area contributed by atoms with Gasteiger partial charge in [0.15, 0.2) is 0 Å². The number of hydrogen-bond acceptors (Lipinski definition) is 6. The molecule has 2 saturated heterocycles. The third kappa shape index (κ3) is 15.7. The van der Waals surface area contributed by atoms with E-state index in [1.807, 2.05) is 97.1 Å². The van der Waals surface area contributed by atoms with Crippen molar-refractivity contribution in [2.45, 2.75) is 50.7 Å². The Morgan fingerprint density at radius 1 is 0.615 bits per heavy atom. The van der Waals surface area contributed by atoms with Gasteiger partial charge in [-0.25, -0.2) is 0 Å². The van der Waals surface area contributed by atoms with Gasteiger partial charge >= 0.3 is 0 Å². The molecule has 2 heterocycles. The topological polar surface area (TPSA) is 52.2 Å². The smallest absolute Gasteiger partial charge is 0.137 e. The summed E-state index contributed by atoms with van der Waals surface area (Å²) in [5.41, 5.74) is -0.160. The van der Waals surface area contributed by atoms with Gasteiger partial charge in [-0.2, -0.15) is 0 Å². The lowest BCUT2D eigenvalue weighted by molar-refractivity contribution is 0.0135. The van der Waals surface area contributed by atoms with E-state index in [4.69, 9.17) is 65.4 Å². The first kappa shape index (κ1) is 44.3. The van der Waals surface area contributed by atoms with E-state index in [9.17, 15) is 0 Å². The van der Waals surface area contributed by atoms with Crippen LogP contribution < -0.4 is 24.3 Å². The Morgan fingerprint density at radius 3 is 1.48 bits per heavy atom. The molecular formula is C40H48BrCl5N2O4. The van der Waals surface area contributed by atoms with Crippen LogP contribution in [0.1, 0.15) is 39.5 Å². The highest BCUT2D eigenvalue weighted by Crippen LogP contribution is 2.30. The quantitative estimate of drug-likeness (QED) is 0.152. The molecule has 0 unspecified atom stereocenters. The summed E-state index contributed by atoms with van der Waals surface area (Å²) >= 11 is 26.9. The molecule has 4 aromatic carbocycles. The Morgan fingerprint density at radius 2 is 1.04 bits per heavy atom. The zero-order valence-corrected chi connectivity index (χ0v) is 35.0. The second-order valence-corrected chi connectivity index (χ2v) is 15.3. The lowest BCUT2D eigenvalue weighted by atomic mass is 9.93. The molecule has 6 rings (SSSR count). The summed E-state index contributed by atoms with van der Waals surface area (Å²) in [6, 6.07) is 30.2. The maximum Gasteiger partial charge on any atom is 0.137 e. The highest BCUT2D eigenvalue weighted by molar-refractivity contribution is 9.09. The van der Waals surface area contributed by atoms with E-state index in [2.05, 4.69) is 40.0 Å². The molecule has 0 saturated carbocycles. The maximum atomic E-state index is 6.20. The molecule has 0 aliphatic carbocycles. The van der Waals surface area contributed by atoms with Crippen LogP contribution in [-0.2, 0) is 0 Å². The Labute approximate surface area is 343 Å². The second kappa shape index (κ2) is 23.0. The Kier molecular flexibility index (Phi) is 19.6. The van der Waals surface area contributed by atoms with Gasteiger partial charge in [0.1, 0.15) is 40.8 Å². The number of nitrogens with one attached hydrogen (secondary N) is 1. The summed E-state index contributed by atoms with van der Waals surface area (Å²) in [5.74, 6) is 3.27. The first-order chi connectivity index (χ1) is 24.6. The van der Waals surface area contributed by atoms with E-state index >= 15 is 0 Å². The van der Waals surface area contributed by atoms with Crippen LogP contribution >= 0.6 is 74.7 Å². The zero-order chi connectivity index (χ0) is 36.5. The number of nitrogens with zero attached hydrogens (tertiary/aromatic N) is 1. The molecule has 6 nitrogen and oxygen atoms in total. The molecule has 12 heteroatoms. The summed E-state index contributed by atoms with van der Waals surface area (Å²) in [6.07, 6.45) is 4.08. The number of piperidine rings is 2. The Bertz CT molecular complexity index is 1590. The number of rotatable bonds is 11. The van der Waals surface area contributed by atoms with E-state index in [1.165, 1.54) is 0 Å². The summed E-state index contributed by atoms with van der Waals surface area (Å²) in [7, 11) is 0. The molecule has 1 N–H and O–H groups in total. The Balaban J connectivity index is 0.000000230. The van der Waals surface area contributed by atoms with E-state index in [0.717, 1.165) is 96.8 Å². The fourth-order valence-corrected chi connectivity index (χ4v) is 6.33. The van der Waals surface area contributed by atoms with Crippen LogP contribution in [0.5, 0.6) is 23.0 Å². The average molecular weight is 878 g/mol. The van der Waals surface area contributed by atoms with E-state index in [0.29, 0.717) is 23.3 Å². The maximum absolute atomic E-state index is 6.20. The number of alkyl halides is 1. The average Bonchev–Trinajstić information content (AvgIpc) is 3.12. The van der Waals surface area contributed by atoms with Crippen molar-refractivity contribution in [1.82, 2.24) is 10.2 Å². The fraction of sp³-hybridized carbons (Fsp3) is 0.400. The lowest BCUT2D eigenvalue weighted by Gasteiger charge is -2.39. The molecule has 0 radical (unpaired) electrons. The normalized spacial score (nSPS) is 16.1. The van der Waals surface area contributed by atoms with Gasteiger partial charge in [0.2, 0.25) is 0 Å². The minimum absolute atomic E-state index is 0. The molecule has 0 amide bonds. The number of likely N-dealkylation sites (tertiary alicyclic amines) is 1. The van der Waals surface area contributed by atoms with Crippen molar-refractivity contribution < 1.29 is 18.9 Å². The van der Waals surface area contributed by atoms with E-state index in [-0.39, 0.29) is 23.6 Å². The van der Waals surface area contributed by atoms with Gasteiger partial charge in [-0.15, -0.1) is 12.4 Å². The van der Waals surface area contributed by atoms with Gasteiger partial charge in [-0.05, 0) is 125 Å². The minimum atomic E-state index is -0.131. The fourth-order valence-electron chi connectivity index (χ4n) is 5.54. The van der Waals surface area contributed by atoms with Crippen molar-refractivity contribution in [2.24, 2.45) is 0 Å². The standard InChI is InChI=1S/C20H23Cl2NO2.C12H16ClNO.C8H8BrClO.ClH/c1-20(25-17-8-6-16(21)7-9-17)10-12-23(13-11-20)14-15-24-19-5-3-2-4-18(19)22;1-12(6-8-14-9-7-12)15-11-4-2-10(13)3-5-11;9-5-6-11-8-4-2-1-3-7(8)10;/h2-9H,10-15H2,1H3;2-5,14H,6-9H2,1H3;1-4H,5-6H2;1H. The van der Waals surface area contributed by atoms with Crippen molar-refractivity contribution in [3.8, 4) is 23.0 Å². The molecule has 52 heavy (non-hydrogen) atoms. The second-order valence-electron chi connectivity index (χ2n) is 12.9. The molecule has 4 aromatic rings. The first-order valence-electron chi connectivity index (χ1n) is 17.2. The van der Waals surface area contributed by atoms with Crippen molar-refractivity contribution in [3.63, 3.8) is 0 Å². The van der Waals surface area contributed by atoms with E-state index in [1.54, 1.807) is 0 Å². The highest BCUT2D eigenvalue weighted by atomic mass is 79.9. The molecule has 2 fully saturated rings. The minimum Gasteiger partial charge on any atom is -0.491 e. The third-order valence-electron chi connectivity index (χ3n) is 8.60. The lowest BCUT2D eigenvalue weighted by Crippen LogP contribution is -2.47. The molecule has 2 aliphatic rings. The summed E-state index contributed by atoms with van der Waals surface area (Å²) in [6.45, 7) is 10.6. The number of benzene rings is 4. The van der Waals surface area contributed by atoms with Gasteiger partial charge in [-0.3, -0.25) is 4.90 Å². The number of halogens is 6. The van der Waals surface area contributed by atoms with Crippen LogP contribution in [0.2, 0.25) is 20.1 Å². The molecule has 0 spiro atoms. The van der Waals surface area contributed by atoms with Gasteiger partial charge in [0.25, 0.3) is 0 Å². The van der Waals surface area contributed by atoms with Crippen molar-refractivity contribution in [3.05, 3.63) is 117 Å². The number of hydrogen-bond donors (Lipinski definition) is 1. The molecule has 0 aromatic heterocycles. The third-order valence-corrected chi connectivity index (χ3v) is 10.1. The summed E-state index contributed by atoms with van der Waals surface area (Å²) in [4.78, 5) is 2.41. The predicted octanol–water partition coefficient (Wildman–Crippen LogP) is 11.7. The van der Waals surface area contributed by atoms with Gasteiger partial charge < -0.3 is 24.3 Å². The van der Waals surface area contributed by atoms with Crippen LogP contribution in [0.4, 0.5) is 0 Å². The van der Waals surface area contributed by atoms with Crippen LogP contribution in [0.25, 0.3) is 0 Å². The van der Waals surface area contributed by atoms with Gasteiger partial charge in [0, 0.05) is 35.0 Å². The van der Waals surface area contributed by atoms with Crippen LogP contribution in [0, 0.1) is 0 Å². The molecule has 2 aliphatic heterocycles. The predicted molar refractivity (Wildman–Crippen MR) is 224 cm³/mol. The van der Waals surface area contributed by atoms with Crippen molar-refractivity contribution >= 4 is 74.7 Å². The molecule has 284 valence electrons. The highest BCUT2D eigenvalue weighted by Gasteiger charge is 2.32.